The second-order valence-electron chi connectivity index (χ2n) is 8.43. The lowest BCUT2D eigenvalue weighted by Gasteiger charge is -2.43. The zero-order valence-electron chi connectivity index (χ0n) is 15.9. The highest BCUT2D eigenvalue weighted by molar-refractivity contribution is 5.88. The van der Waals surface area contributed by atoms with Gasteiger partial charge in [-0.25, -0.2) is 9.59 Å². The number of nitrogens with zero attached hydrogens (tertiary/aromatic N) is 1. The number of hydrogen-bond acceptors (Lipinski definition) is 3. The van der Waals surface area contributed by atoms with Crippen LogP contribution in [-0.2, 0) is 9.53 Å². The van der Waals surface area contributed by atoms with Gasteiger partial charge in [-0.1, -0.05) is 55.5 Å². The first kappa shape index (κ1) is 17.3. The number of rotatable bonds is 4. The van der Waals surface area contributed by atoms with E-state index in [1.165, 1.54) is 16.0 Å². The Hall–Kier alpha value is -2.82. The lowest BCUT2D eigenvalue weighted by Crippen LogP contribution is -2.56. The van der Waals surface area contributed by atoms with Crippen LogP contribution in [0.5, 0.6) is 0 Å². The number of carboxylic acids is 1. The summed E-state index contributed by atoms with van der Waals surface area (Å²) in [6.07, 6.45) is 1.46. The van der Waals surface area contributed by atoms with Crippen LogP contribution in [0.2, 0.25) is 0 Å². The molecule has 1 N–H and O–H groups in total. The number of benzene rings is 2. The molecule has 2 aliphatic carbocycles. The summed E-state index contributed by atoms with van der Waals surface area (Å²) in [7, 11) is 0. The van der Waals surface area contributed by atoms with Gasteiger partial charge in [0.1, 0.15) is 12.1 Å². The summed E-state index contributed by atoms with van der Waals surface area (Å²) in [6.45, 7) is 2.76. The molecule has 5 nitrogen and oxygen atoms in total. The Morgan fingerprint density at radius 2 is 1.64 bits per heavy atom. The van der Waals surface area contributed by atoms with E-state index < -0.39 is 17.6 Å². The average Bonchev–Trinajstić information content (AvgIpc) is 3.31. The number of fused-ring (bicyclic) bond motifs is 4. The smallest absolute Gasteiger partial charge is 0.410 e. The fourth-order valence-electron chi connectivity index (χ4n) is 5.52. The van der Waals surface area contributed by atoms with Gasteiger partial charge in [0.15, 0.2) is 0 Å². The zero-order chi connectivity index (χ0) is 19.5. The maximum absolute atomic E-state index is 12.9. The first-order valence-corrected chi connectivity index (χ1v) is 9.86. The SMILES string of the molecule is CCC12CN(C(=O)OCC3c4ccccc4-c4ccccc43)C(C(=O)O)(C1)C2. The van der Waals surface area contributed by atoms with Crippen molar-refractivity contribution < 1.29 is 19.4 Å². The number of carbonyl (C=O) groups is 2. The van der Waals surface area contributed by atoms with Crippen LogP contribution in [0.25, 0.3) is 11.1 Å². The molecular formula is C23H23NO4. The van der Waals surface area contributed by atoms with Crippen molar-refractivity contribution in [2.24, 2.45) is 5.41 Å². The minimum Gasteiger partial charge on any atom is -0.479 e. The van der Waals surface area contributed by atoms with Gasteiger partial charge < -0.3 is 9.84 Å². The maximum Gasteiger partial charge on any atom is 0.410 e. The van der Waals surface area contributed by atoms with Crippen molar-refractivity contribution in [1.29, 1.82) is 0 Å². The topological polar surface area (TPSA) is 66.8 Å². The highest BCUT2D eigenvalue weighted by Crippen LogP contribution is 2.61. The van der Waals surface area contributed by atoms with Crippen molar-refractivity contribution in [3.8, 4) is 11.1 Å². The molecule has 2 aromatic carbocycles. The molecule has 2 aliphatic heterocycles. The third-order valence-corrected chi connectivity index (χ3v) is 7.05. The molecule has 144 valence electrons. The minimum atomic E-state index is -1.07. The summed E-state index contributed by atoms with van der Waals surface area (Å²) in [6, 6.07) is 16.4. The van der Waals surface area contributed by atoms with E-state index in [4.69, 9.17) is 4.74 Å². The number of hydrogen-bond donors (Lipinski definition) is 1. The Balaban J connectivity index is 1.37. The maximum atomic E-state index is 12.9. The molecule has 1 amide bonds. The Kier molecular flexibility index (Phi) is 3.60. The van der Waals surface area contributed by atoms with Crippen LogP contribution in [0.3, 0.4) is 0 Å². The van der Waals surface area contributed by atoms with Gasteiger partial charge in [0, 0.05) is 12.5 Å². The molecule has 0 aromatic heterocycles. The van der Waals surface area contributed by atoms with Crippen LogP contribution in [-0.4, -0.2) is 40.8 Å². The number of ether oxygens (including phenoxy) is 1. The average molecular weight is 377 g/mol. The summed E-state index contributed by atoms with van der Waals surface area (Å²) >= 11 is 0. The van der Waals surface area contributed by atoms with Crippen LogP contribution < -0.4 is 0 Å². The summed E-state index contributed by atoms with van der Waals surface area (Å²) in [5.74, 6) is -0.933. The van der Waals surface area contributed by atoms with Crippen LogP contribution in [0.15, 0.2) is 48.5 Å². The standard InChI is InChI=1S/C23H23NO4/c1-2-22-12-23(13-22,20(25)26)24(14-22)21(27)28-11-19-17-9-5-3-7-15(17)16-8-4-6-10-18(16)19/h3-10,19H,2,11-14H2,1H3,(H,25,26). The molecular weight excluding hydrogens is 354 g/mol. The fraction of sp³-hybridized carbons (Fsp3) is 0.391. The molecule has 2 saturated heterocycles. The molecule has 1 saturated carbocycles. The van der Waals surface area contributed by atoms with Gasteiger partial charge in [-0.15, -0.1) is 0 Å². The monoisotopic (exact) mass is 377 g/mol. The second kappa shape index (κ2) is 5.84. The molecule has 0 atom stereocenters. The first-order chi connectivity index (χ1) is 13.5. The summed E-state index contributed by atoms with van der Waals surface area (Å²) < 4.78 is 5.71. The van der Waals surface area contributed by atoms with Crippen molar-refractivity contribution in [1.82, 2.24) is 4.90 Å². The van der Waals surface area contributed by atoms with Gasteiger partial charge in [-0.05, 0) is 46.9 Å². The molecule has 3 fully saturated rings. The van der Waals surface area contributed by atoms with Crippen LogP contribution in [0.1, 0.15) is 43.2 Å². The molecule has 2 bridgehead atoms. The highest BCUT2D eigenvalue weighted by atomic mass is 16.6. The van der Waals surface area contributed by atoms with Crippen molar-refractivity contribution in [2.75, 3.05) is 13.2 Å². The molecule has 4 aliphatic rings. The molecule has 2 aromatic rings. The van der Waals surface area contributed by atoms with E-state index in [1.54, 1.807) is 0 Å². The molecule has 2 heterocycles. The van der Waals surface area contributed by atoms with E-state index in [2.05, 4.69) is 31.2 Å². The Labute approximate surface area is 163 Å². The van der Waals surface area contributed by atoms with Crippen molar-refractivity contribution in [2.45, 2.75) is 37.6 Å². The lowest BCUT2D eigenvalue weighted by molar-refractivity contribution is -0.154. The minimum absolute atomic E-state index is 0.0186. The first-order valence-electron chi connectivity index (χ1n) is 9.86. The van der Waals surface area contributed by atoms with Crippen LogP contribution in [0, 0.1) is 5.41 Å². The number of carbonyl (C=O) groups excluding carboxylic acids is 1. The van der Waals surface area contributed by atoms with E-state index in [0.717, 1.165) is 17.5 Å². The van der Waals surface area contributed by atoms with Gasteiger partial charge in [0.2, 0.25) is 0 Å². The number of aliphatic carboxylic acids is 1. The van der Waals surface area contributed by atoms with Gasteiger partial charge in [0.25, 0.3) is 0 Å². The fourth-order valence-corrected chi connectivity index (χ4v) is 5.52. The van der Waals surface area contributed by atoms with Gasteiger partial charge in [-0.3, -0.25) is 4.90 Å². The lowest BCUT2D eigenvalue weighted by atomic mass is 9.61. The molecule has 5 heteroatoms. The summed E-state index contributed by atoms with van der Waals surface area (Å²) in [5, 5.41) is 9.73. The molecule has 0 unspecified atom stereocenters. The van der Waals surface area contributed by atoms with Gasteiger partial charge in [0.05, 0.1) is 0 Å². The second-order valence-corrected chi connectivity index (χ2v) is 8.43. The Morgan fingerprint density at radius 3 is 2.18 bits per heavy atom. The normalized spacial score (nSPS) is 27.1. The molecule has 6 rings (SSSR count). The largest absolute Gasteiger partial charge is 0.479 e. The van der Waals surface area contributed by atoms with Crippen molar-refractivity contribution in [3.05, 3.63) is 59.7 Å². The van der Waals surface area contributed by atoms with E-state index in [9.17, 15) is 14.7 Å². The summed E-state index contributed by atoms with van der Waals surface area (Å²) in [5.41, 5.74) is 3.53. The van der Waals surface area contributed by atoms with Crippen LogP contribution >= 0.6 is 0 Å². The molecule has 0 radical (unpaired) electrons. The molecule has 0 spiro atoms. The predicted octanol–water partition coefficient (Wildman–Crippen LogP) is 4.26. The van der Waals surface area contributed by atoms with Gasteiger partial charge >= 0.3 is 12.1 Å². The Morgan fingerprint density at radius 1 is 1.07 bits per heavy atom. The van der Waals surface area contributed by atoms with Crippen molar-refractivity contribution in [3.63, 3.8) is 0 Å². The van der Waals surface area contributed by atoms with E-state index >= 15 is 0 Å². The molecule has 28 heavy (non-hydrogen) atoms. The van der Waals surface area contributed by atoms with Crippen molar-refractivity contribution >= 4 is 12.1 Å². The van der Waals surface area contributed by atoms with E-state index in [1.807, 2.05) is 24.3 Å². The zero-order valence-corrected chi connectivity index (χ0v) is 15.9. The summed E-state index contributed by atoms with van der Waals surface area (Å²) in [4.78, 5) is 26.2. The predicted molar refractivity (Wildman–Crippen MR) is 104 cm³/mol. The van der Waals surface area contributed by atoms with Crippen LogP contribution in [0.4, 0.5) is 4.79 Å². The Bertz CT molecular complexity index is 931. The van der Waals surface area contributed by atoms with E-state index in [-0.39, 0.29) is 17.9 Å². The number of amides is 1. The third kappa shape index (κ3) is 2.19. The third-order valence-electron chi connectivity index (χ3n) is 7.05. The van der Waals surface area contributed by atoms with Gasteiger partial charge in [-0.2, -0.15) is 0 Å². The number of carboxylic acid groups (broad SMARTS) is 1. The van der Waals surface area contributed by atoms with E-state index in [0.29, 0.717) is 19.4 Å². The quantitative estimate of drug-likeness (QED) is 0.864. The highest BCUT2D eigenvalue weighted by Gasteiger charge is 2.70.